The molecule has 3 fully saturated rings. The lowest BCUT2D eigenvalue weighted by Gasteiger charge is -2.32. The van der Waals surface area contributed by atoms with Crippen LogP contribution in [0.4, 0.5) is 0 Å². The zero-order valence-corrected chi connectivity index (χ0v) is 18.8. The number of guanidine groups is 1. The van der Waals surface area contributed by atoms with E-state index in [1.54, 1.807) is 0 Å². The summed E-state index contributed by atoms with van der Waals surface area (Å²) in [5.74, 6) is 0.223. The van der Waals surface area contributed by atoms with Crippen LogP contribution in [-0.4, -0.2) is 55.0 Å². The summed E-state index contributed by atoms with van der Waals surface area (Å²) in [5, 5.41) is 3.39. The van der Waals surface area contributed by atoms with Gasteiger partial charge in [-0.3, -0.25) is 9.89 Å². The third-order valence-electron chi connectivity index (χ3n) is 5.93. The van der Waals surface area contributed by atoms with Crippen molar-refractivity contribution in [3.8, 4) is 0 Å². The number of piperidine rings is 1. The van der Waals surface area contributed by atoms with E-state index < -0.39 is 0 Å². The number of hydrogen-bond acceptors (Lipinski definition) is 4. The molecule has 0 aromatic heterocycles. The fourth-order valence-electron chi connectivity index (χ4n) is 4.41. The standard InChI is InChI=1S/C21H32N4O2.HI/c22-20(23-14-19-16-26-21(27-19)10-4-5-11-21)24-18-8-12-25(13-9-18)15-17-6-2-1-3-7-17;/h1-3,6-7,18-19H,4-5,8-16H2,(H3,22,23,24);1H. The second kappa shape index (κ2) is 10.2. The molecule has 1 atom stereocenters. The van der Waals surface area contributed by atoms with E-state index in [-0.39, 0.29) is 35.9 Å². The summed E-state index contributed by atoms with van der Waals surface area (Å²) in [6.07, 6.45) is 6.65. The fourth-order valence-corrected chi connectivity index (χ4v) is 4.41. The minimum atomic E-state index is -0.312. The van der Waals surface area contributed by atoms with Gasteiger partial charge in [0.1, 0.15) is 6.10 Å². The molecule has 2 saturated heterocycles. The highest BCUT2D eigenvalue weighted by atomic mass is 127. The largest absolute Gasteiger partial charge is 0.370 e. The van der Waals surface area contributed by atoms with Gasteiger partial charge in [0.05, 0.1) is 13.2 Å². The van der Waals surface area contributed by atoms with Gasteiger partial charge in [0.2, 0.25) is 0 Å². The van der Waals surface area contributed by atoms with Crippen LogP contribution in [0.2, 0.25) is 0 Å². The molecular weight excluding hydrogens is 467 g/mol. The number of nitrogens with one attached hydrogen (secondary N) is 1. The SMILES string of the molecule is I.NC(=NCC1COC2(CCCC2)O1)NC1CCN(Cc2ccccc2)CC1. The number of hydrogen-bond donors (Lipinski definition) is 2. The van der Waals surface area contributed by atoms with E-state index in [1.807, 2.05) is 0 Å². The highest BCUT2D eigenvalue weighted by Crippen LogP contribution is 2.39. The average Bonchev–Trinajstić information content (AvgIpc) is 3.32. The predicted octanol–water partition coefficient (Wildman–Crippen LogP) is 2.86. The molecule has 156 valence electrons. The summed E-state index contributed by atoms with van der Waals surface area (Å²) >= 11 is 0. The molecule has 1 aromatic rings. The Bertz CT molecular complexity index is 629. The summed E-state index contributed by atoms with van der Waals surface area (Å²) in [6.45, 7) is 4.41. The van der Waals surface area contributed by atoms with Gasteiger partial charge in [0.25, 0.3) is 0 Å². The Balaban J connectivity index is 0.00000225. The molecule has 1 saturated carbocycles. The number of likely N-dealkylation sites (tertiary alicyclic amines) is 1. The molecule has 0 bridgehead atoms. The fraction of sp³-hybridized carbons (Fsp3) is 0.667. The Morgan fingerprint density at radius 2 is 1.89 bits per heavy atom. The number of nitrogens with zero attached hydrogens (tertiary/aromatic N) is 2. The first-order chi connectivity index (χ1) is 13.2. The number of aliphatic imine (C=N–C) groups is 1. The zero-order chi connectivity index (χ0) is 18.5. The van der Waals surface area contributed by atoms with Gasteiger partial charge in [-0.05, 0) is 31.2 Å². The van der Waals surface area contributed by atoms with Crippen LogP contribution in [0.15, 0.2) is 35.3 Å². The third kappa shape index (κ3) is 5.81. The molecule has 1 aromatic carbocycles. The number of halogens is 1. The van der Waals surface area contributed by atoms with Crippen molar-refractivity contribution in [2.24, 2.45) is 10.7 Å². The monoisotopic (exact) mass is 500 g/mol. The van der Waals surface area contributed by atoms with Gasteiger partial charge < -0.3 is 20.5 Å². The van der Waals surface area contributed by atoms with E-state index >= 15 is 0 Å². The number of benzene rings is 1. The maximum absolute atomic E-state index is 6.11. The number of ether oxygens (including phenoxy) is 2. The average molecular weight is 500 g/mol. The predicted molar refractivity (Wildman–Crippen MR) is 122 cm³/mol. The summed E-state index contributed by atoms with van der Waals surface area (Å²) in [7, 11) is 0. The van der Waals surface area contributed by atoms with E-state index in [2.05, 4.69) is 45.5 Å². The first-order valence-electron chi connectivity index (χ1n) is 10.4. The second-order valence-corrected chi connectivity index (χ2v) is 8.07. The van der Waals surface area contributed by atoms with Crippen LogP contribution < -0.4 is 11.1 Å². The van der Waals surface area contributed by atoms with Gasteiger partial charge >= 0.3 is 0 Å². The van der Waals surface area contributed by atoms with Crippen molar-refractivity contribution in [1.29, 1.82) is 0 Å². The van der Waals surface area contributed by atoms with Crippen LogP contribution in [-0.2, 0) is 16.0 Å². The molecule has 3 aliphatic rings. The highest BCUT2D eigenvalue weighted by Gasteiger charge is 2.43. The van der Waals surface area contributed by atoms with Gasteiger partial charge in [0.15, 0.2) is 11.7 Å². The zero-order valence-electron chi connectivity index (χ0n) is 16.5. The summed E-state index contributed by atoms with van der Waals surface area (Å²) in [6, 6.07) is 11.1. The molecule has 3 N–H and O–H groups in total. The van der Waals surface area contributed by atoms with E-state index in [0.29, 0.717) is 25.2 Å². The molecule has 28 heavy (non-hydrogen) atoms. The van der Waals surface area contributed by atoms with E-state index in [9.17, 15) is 0 Å². The topological polar surface area (TPSA) is 72.1 Å². The normalized spacial score (nSPS) is 25.7. The van der Waals surface area contributed by atoms with Gasteiger partial charge in [0, 0.05) is 38.5 Å². The van der Waals surface area contributed by atoms with Crippen molar-refractivity contribution in [3.63, 3.8) is 0 Å². The lowest BCUT2D eigenvalue weighted by Crippen LogP contribution is -2.47. The Morgan fingerprint density at radius 1 is 1.18 bits per heavy atom. The summed E-state index contributed by atoms with van der Waals surface area (Å²) < 4.78 is 12.0. The summed E-state index contributed by atoms with van der Waals surface area (Å²) in [5.41, 5.74) is 7.49. The maximum atomic E-state index is 6.11. The molecule has 0 radical (unpaired) electrons. The summed E-state index contributed by atoms with van der Waals surface area (Å²) in [4.78, 5) is 7.01. The molecule has 1 spiro atoms. The van der Waals surface area contributed by atoms with Crippen molar-refractivity contribution in [2.45, 2.75) is 63.0 Å². The number of nitrogens with two attached hydrogens (primary N) is 1. The lowest BCUT2D eigenvalue weighted by atomic mass is 10.0. The van der Waals surface area contributed by atoms with Crippen LogP contribution in [0.5, 0.6) is 0 Å². The van der Waals surface area contributed by atoms with Crippen molar-refractivity contribution in [3.05, 3.63) is 35.9 Å². The number of rotatable bonds is 5. The Hall–Kier alpha value is -0.900. The Labute approximate surface area is 185 Å². The molecule has 2 heterocycles. The van der Waals surface area contributed by atoms with Gasteiger partial charge in [-0.2, -0.15) is 0 Å². The molecular formula is C21H33IN4O2. The van der Waals surface area contributed by atoms with E-state index in [4.69, 9.17) is 15.2 Å². The van der Waals surface area contributed by atoms with Crippen molar-refractivity contribution >= 4 is 29.9 Å². The van der Waals surface area contributed by atoms with Crippen LogP contribution in [0.25, 0.3) is 0 Å². The third-order valence-corrected chi connectivity index (χ3v) is 5.93. The molecule has 4 rings (SSSR count). The van der Waals surface area contributed by atoms with Crippen LogP contribution in [0.3, 0.4) is 0 Å². The molecule has 0 amide bonds. The lowest BCUT2D eigenvalue weighted by molar-refractivity contribution is -0.160. The van der Waals surface area contributed by atoms with Crippen molar-refractivity contribution < 1.29 is 9.47 Å². The minimum absolute atomic E-state index is 0. The maximum Gasteiger partial charge on any atom is 0.188 e. The van der Waals surface area contributed by atoms with Gasteiger partial charge in [-0.15, -0.1) is 24.0 Å². The van der Waals surface area contributed by atoms with Gasteiger partial charge in [-0.1, -0.05) is 30.3 Å². The van der Waals surface area contributed by atoms with Crippen LogP contribution >= 0.6 is 24.0 Å². The molecule has 2 aliphatic heterocycles. The van der Waals surface area contributed by atoms with Crippen molar-refractivity contribution in [1.82, 2.24) is 10.2 Å². The smallest absolute Gasteiger partial charge is 0.188 e. The van der Waals surface area contributed by atoms with Crippen LogP contribution in [0.1, 0.15) is 44.1 Å². The molecule has 7 heteroatoms. The Morgan fingerprint density at radius 3 is 2.61 bits per heavy atom. The molecule has 6 nitrogen and oxygen atoms in total. The van der Waals surface area contributed by atoms with E-state index in [0.717, 1.165) is 45.3 Å². The molecule has 1 unspecified atom stereocenters. The first-order valence-corrected chi connectivity index (χ1v) is 10.4. The van der Waals surface area contributed by atoms with Crippen molar-refractivity contribution in [2.75, 3.05) is 26.2 Å². The first kappa shape index (κ1) is 21.8. The quantitative estimate of drug-likeness (QED) is 0.370. The Kier molecular flexibility index (Phi) is 7.96. The van der Waals surface area contributed by atoms with E-state index in [1.165, 1.54) is 18.4 Å². The molecule has 1 aliphatic carbocycles. The van der Waals surface area contributed by atoms with Crippen LogP contribution in [0, 0.1) is 0 Å². The highest BCUT2D eigenvalue weighted by molar-refractivity contribution is 14.0. The minimum Gasteiger partial charge on any atom is -0.370 e. The van der Waals surface area contributed by atoms with Gasteiger partial charge in [-0.25, -0.2) is 0 Å². The second-order valence-electron chi connectivity index (χ2n) is 8.07.